The van der Waals surface area contributed by atoms with Crippen molar-refractivity contribution in [3.63, 3.8) is 0 Å². The summed E-state index contributed by atoms with van der Waals surface area (Å²) < 4.78 is 0. The van der Waals surface area contributed by atoms with Crippen LogP contribution in [0.2, 0.25) is 0 Å². The minimum absolute atomic E-state index is 0.259. The van der Waals surface area contributed by atoms with Gasteiger partial charge in [0.15, 0.2) is 0 Å². The molecule has 1 aromatic carbocycles. The van der Waals surface area contributed by atoms with E-state index in [4.69, 9.17) is 11.0 Å². The van der Waals surface area contributed by atoms with Crippen LogP contribution in [0.1, 0.15) is 21.4 Å². The molecular weight excluding hydrogens is 240 g/mol. The third kappa shape index (κ3) is 2.01. The molecule has 0 amide bonds. The van der Waals surface area contributed by atoms with Gasteiger partial charge in [-0.25, -0.2) is 0 Å². The number of nitrogens with two attached hydrogens (primary N) is 1. The molecule has 0 aliphatic rings. The van der Waals surface area contributed by atoms with Gasteiger partial charge < -0.3 is 5.73 Å². The van der Waals surface area contributed by atoms with E-state index in [0.29, 0.717) is 15.7 Å². The molecule has 0 fully saturated rings. The standard InChI is InChI=1S/C10H8N4S2/c11-5-6-3-1-2-4-7(6)8(15)9-13-14-10(12)16-9/h1-4,8,15H,(H2,12,14). The van der Waals surface area contributed by atoms with Crippen LogP contribution in [0.25, 0.3) is 0 Å². The van der Waals surface area contributed by atoms with E-state index >= 15 is 0 Å². The number of hydrogen-bond donors (Lipinski definition) is 2. The molecular formula is C10H8N4S2. The Morgan fingerprint density at radius 3 is 2.75 bits per heavy atom. The number of nitriles is 1. The number of rotatable bonds is 2. The summed E-state index contributed by atoms with van der Waals surface area (Å²) >= 11 is 5.73. The van der Waals surface area contributed by atoms with E-state index in [9.17, 15) is 0 Å². The van der Waals surface area contributed by atoms with Gasteiger partial charge in [-0.05, 0) is 11.6 Å². The van der Waals surface area contributed by atoms with E-state index in [0.717, 1.165) is 5.56 Å². The number of thiol groups is 1. The molecule has 0 bridgehead atoms. The van der Waals surface area contributed by atoms with Gasteiger partial charge in [-0.3, -0.25) is 0 Å². The molecule has 0 saturated heterocycles. The van der Waals surface area contributed by atoms with Crippen molar-refractivity contribution in [2.75, 3.05) is 5.73 Å². The Balaban J connectivity index is 2.41. The molecule has 1 atom stereocenters. The Morgan fingerprint density at radius 1 is 1.38 bits per heavy atom. The van der Waals surface area contributed by atoms with Gasteiger partial charge in [0.2, 0.25) is 5.13 Å². The van der Waals surface area contributed by atoms with Crippen molar-refractivity contribution in [1.82, 2.24) is 10.2 Å². The van der Waals surface area contributed by atoms with Crippen molar-refractivity contribution in [3.8, 4) is 6.07 Å². The van der Waals surface area contributed by atoms with E-state index in [-0.39, 0.29) is 5.25 Å². The molecule has 80 valence electrons. The molecule has 0 aliphatic carbocycles. The first-order valence-electron chi connectivity index (χ1n) is 4.48. The molecule has 1 aromatic heterocycles. The lowest BCUT2D eigenvalue weighted by atomic mass is 10.1. The van der Waals surface area contributed by atoms with Crippen LogP contribution < -0.4 is 5.73 Å². The zero-order valence-electron chi connectivity index (χ0n) is 8.16. The highest BCUT2D eigenvalue weighted by atomic mass is 32.1. The first-order chi connectivity index (χ1) is 7.72. The fraction of sp³-hybridized carbons (Fsp3) is 0.100. The summed E-state index contributed by atoms with van der Waals surface area (Å²) in [5.41, 5.74) is 6.93. The third-order valence-corrected chi connectivity index (χ3v) is 3.58. The highest BCUT2D eigenvalue weighted by molar-refractivity contribution is 7.81. The number of nitrogens with zero attached hydrogens (tertiary/aromatic N) is 3. The molecule has 2 rings (SSSR count). The Bertz CT molecular complexity index is 544. The maximum absolute atomic E-state index is 8.98. The van der Waals surface area contributed by atoms with Crippen LogP contribution in [0, 0.1) is 11.3 Å². The Kier molecular flexibility index (Phi) is 3.08. The zero-order valence-corrected chi connectivity index (χ0v) is 9.87. The van der Waals surface area contributed by atoms with E-state index in [1.807, 2.05) is 18.2 Å². The fourth-order valence-electron chi connectivity index (χ4n) is 1.33. The second-order valence-electron chi connectivity index (χ2n) is 3.08. The molecule has 6 heteroatoms. The SMILES string of the molecule is N#Cc1ccccc1C(S)c1nnc(N)s1. The number of aromatic nitrogens is 2. The lowest BCUT2D eigenvalue weighted by molar-refractivity contribution is 0.996. The normalized spacial score (nSPS) is 12.0. The summed E-state index contributed by atoms with van der Waals surface area (Å²) in [6.45, 7) is 0. The number of hydrogen-bond acceptors (Lipinski definition) is 6. The van der Waals surface area contributed by atoms with Gasteiger partial charge in [0.1, 0.15) is 5.01 Å². The molecule has 1 unspecified atom stereocenters. The molecule has 2 aromatic rings. The Hall–Kier alpha value is -1.58. The number of benzene rings is 1. The topological polar surface area (TPSA) is 75.6 Å². The van der Waals surface area contributed by atoms with Crippen molar-refractivity contribution >= 4 is 29.1 Å². The van der Waals surface area contributed by atoms with E-state index < -0.39 is 0 Å². The molecule has 4 nitrogen and oxygen atoms in total. The highest BCUT2D eigenvalue weighted by Gasteiger charge is 2.17. The largest absolute Gasteiger partial charge is 0.374 e. The van der Waals surface area contributed by atoms with Crippen molar-refractivity contribution in [2.45, 2.75) is 5.25 Å². The average molecular weight is 248 g/mol. The van der Waals surface area contributed by atoms with Crippen molar-refractivity contribution in [1.29, 1.82) is 5.26 Å². The van der Waals surface area contributed by atoms with Crippen LogP contribution >= 0.6 is 24.0 Å². The first-order valence-corrected chi connectivity index (χ1v) is 5.81. The summed E-state index contributed by atoms with van der Waals surface area (Å²) in [5.74, 6) is 0. The summed E-state index contributed by atoms with van der Waals surface area (Å²) in [5, 5.41) is 17.5. The minimum Gasteiger partial charge on any atom is -0.374 e. The molecule has 2 N–H and O–H groups in total. The van der Waals surface area contributed by atoms with Gasteiger partial charge in [0.25, 0.3) is 0 Å². The lowest BCUT2D eigenvalue weighted by Crippen LogP contribution is -1.96. The predicted octanol–water partition coefficient (Wildman–Crippen LogP) is 2.01. The fourth-order valence-corrected chi connectivity index (χ4v) is 2.38. The highest BCUT2D eigenvalue weighted by Crippen LogP contribution is 2.32. The molecule has 0 aliphatic heterocycles. The van der Waals surface area contributed by atoms with Crippen molar-refractivity contribution in [3.05, 3.63) is 40.4 Å². The van der Waals surface area contributed by atoms with Crippen LogP contribution in [0.5, 0.6) is 0 Å². The van der Waals surface area contributed by atoms with Gasteiger partial charge in [-0.1, -0.05) is 29.5 Å². The quantitative estimate of drug-likeness (QED) is 0.797. The van der Waals surface area contributed by atoms with Crippen LogP contribution in [-0.2, 0) is 0 Å². The predicted molar refractivity (Wildman–Crippen MR) is 66.3 cm³/mol. The van der Waals surface area contributed by atoms with E-state index in [2.05, 4.69) is 28.9 Å². The first kappa shape index (κ1) is 10.9. The van der Waals surface area contributed by atoms with Crippen LogP contribution in [-0.4, -0.2) is 10.2 Å². The monoisotopic (exact) mass is 248 g/mol. The molecule has 0 saturated carbocycles. The second kappa shape index (κ2) is 4.51. The maximum Gasteiger partial charge on any atom is 0.203 e. The molecule has 16 heavy (non-hydrogen) atoms. The second-order valence-corrected chi connectivity index (χ2v) is 4.64. The van der Waals surface area contributed by atoms with E-state index in [1.165, 1.54) is 11.3 Å². The van der Waals surface area contributed by atoms with Gasteiger partial charge in [-0.2, -0.15) is 17.9 Å². The summed E-state index contributed by atoms with van der Waals surface area (Å²) in [7, 11) is 0. The molecule has 0 spiro atoms. The van der Waals surface area contributed by atoms with Gasteiger partial charge in [0, 0.05) is 0 Å². The number of anilines is 1. The summed E-state index contributed by atoms with van der Waals surface area (Å²) in [6.07, 6.45) is 0. The van der Waals surface area contributed by atoms with Crippen LogP contribution in [0.15, 0.2) is 24.3 Å². The van der Waals surface area contributed by atoms with Crippen molar-refractivity contribution in [2.24, 2.45) is 0 Å². The average Bonchev–Trinajstić information content (AvgIpc) is 2.75. The van der Waals surface area contributed by atoms with Gasteiger partial charge in [0.05, 0.1) is 16.9 Å². The third-order valence-electron chi connectivity index (χ3n) is 2.07. The molecule has 1 heterocycles. The van der Waals surface area contributed by atoms with Gasteiger partial charge in [-0.15, -0.1) is 10.2 Å². The summed E-state index contributed by atoms with van der Waals surface area (Å²) in [6, 6.07) is 9.42. The zero-order chi connectivity index (χ0) is 11.5. The lowest BCUT2D eigenvalue weighted by Gasteiger charge is -2.08. The van der Waals surface area contributed by atoms with Crippen LogP contribution in [0.4, 0.5) is 5.13 Å². The number of nitrogen functional groups attached to an aromatic ring is 1. The summed E-state index contributed by atoms with van der Waals surface area (Å²) in [4.78, 5) is 0. The van der Waals surface area contributed by atoms with E-state index in [1.54, 1.807) is 6.07 Å². The smallest absolute Gasteiger partial charge is 0.203 e. The maximum atomic E-state index is 8.98. The minimum atomic E-state index is -0.259. The molecule has 0 radical (unpaired) electrons. The Morgan fingerprint density at radius 2 is 2.12 bits per heavy atom. The van der Waals surface area contributed by atoms with Crippen LogP contribution in [0.3, 0.4) is 0 Å². The Labute approximate surface area is 102 Å². The van der Waals surface area contributed by atoms with Crippen molar-refractivity contribution < 1.29 is 0 Å². The van der Waals surface area contributed by atoms with Gasteiger partial charge >= 0.3 is 0 Å².